The lowest BCUT2D eigenvalue weighted by Gasteiger charge is -2.08. The van der Waals surface area contributed by atoms with Crippen LogP contribution in [0.5, 0.6) is 5.75 Å². The van der Waals surface area contributed by atoms with Gasteiger partial charge >= 0.3 is 0 Å². The molecule has 0 aromatic heterocycles. The summed E-state index contributed by atoms with van der Waals surface area (Å²) in [6.45, 7) is 5.53. The van der Waals surface area contributed by atoms with Gasteiger partial charge in [-0.1, -0.05) is 17.7 Å². The number of hydrazone groups is 1. The largest absolute Gasteiger partial charge is 0.507 e. The van der Waals surface area contributed by atoms with E-state index >= 15 is 0 Å². The third-order valence-electron chi connectivity index (χ3n) is 3.47. The highest BCUT2D eigenvalue weighted by Gasteiger charge is 2.12. The summed E-state index contributed by atoms with van der Waals surface area (Å²) in [6.07, 6.45) is 0.0226. The second-order valence-electron chi connectivity index (χ2n) is 6.05. The molecule has 0 radical (unpaired) electrons. The summed E-state index contributed by atoms with van der Waals surface area (Å²) in [7, 11) is 0. The summed E-state index contributed by atoms with van der Waals surface area (Å²) in [5, 5.41) is 16.7. The third-order valence-corrected chi connectivity index (χ3v) is 3.71. The molecular formula is C19H20ClN3O3. The van der Waals surface area contributed by atoms with Crippen LogP contribution in [0.25, 0.3) is 0 Å². The first-order valence-electron chi connectivity index (χ1n) is 7.95. The fourth-order valence-corrected chi connectivity index (χ4v) is 2.59. The Morgan fingerprint density at radius 3 is 2.42 bits per heavy atom. The normalized spacial score (nSPS) is 11.2. The molecule has 2 aromatic carbocycles. The third kappa shape index (κ3) is 5.60. The second kappa shape index (κ2) is 8.49. The maximum absolute atomic E-state index is 12.1. The van der Waals surface area contributed by atoms with Gasteiger partial charge in [-0.3, -0.25) is 9.59 Å². The summed E-state index contributed by atoms with van der Waals surface area (Å²) >= 11 is 5.81. The average molecular weight is 374 g/mol. The second-order valence-corrected chi connectivity index (χ2v) is 6.49. The monoisotopic (exact) mass is 373 g/mol. The molecule has 7 heteroatoms. The molecule has 2 aromatic rings. The predicted molar refractivity (Wildman–Crippen MR) is 103 cm³/mol. The van der Waals surface area contributed by atoms with Crippen molar-refractivity contribution in [1.29, 1.82) is 0 Å². The number of carbonyl (C=O) groups excluding carboxylic acids is 2. The number of rotatable bonds is 5. The van der Waals surface area contributed by atoms with Crippen LogP contribution in [0.1, 0.15) is 34.8 Å². The average Bonchev–Trinajstić information content (AvgIpc) is 2.53. The van der Waals surface area contributed by atoms with Crippen molar-refractivity contribution in [3.63, 3.8) is 0 Å². The van der Waals surface area contributed by atoms with Gasteiger partial charge in [0.25, 0.3) is 5.91 Å². The Morgan fingerprint density at radius 2 is 1.77 bits per heavy atom. The number of amides is 2. The van der Waals surface area contributed by atoms with Crippen molar-refractivity contribution in [3.05, 3.63) is 58.1 Å². The van der Waals surface area contributed by atoms with Gasteiger partial charge in [0.1, 0.15) is 5.75 Å². The topological polar surface area (TPSA) is 90.8 Å². The summed E-state index contributed by atoms with van der Waals surface area (Å²) in [6, 6.07) is 9.90. The van der Waals surface area contributed by atoms with E-state index in [2.05, 4.69) is 15.8 Å². The maximum atomic E-state index is 12.1. The molecule has 136 valence electrons. The van der Waals surface area contributed by atoms with E-state index in [4.69, 9.17) is 11.6 Å². The zero-order chi connectivity index (χ0) is 19.3. The summed E-state index contributed by atoms with van der Waals surface area (Å²) < 4.78 is 0. The van der Waals surface area contributed by atoms with Gasteiger partial charge < -0.3 is 10.4 Å². The lowest BCUT2D eigenvalue weighted by Crippen LogP contribution is -2.21. The number of carbonyl (C=O) groups is 2. The molecule has 3 N–H and O–H groups in total. The van der Waals surface area contributed by atoms with Crippen molar-refractivity contribution in [3.8, 4) is 5.75 Å². The molecule has 0 bridgehead atoms. The summed E-state index contributed by atoms with van der Waals surface area (Å²) in [4.78, 5) is 24.1. The van der Waals surface area contributed by atoms with Crippen molar-refractivity contribution < 1.29 is 14.7 Å². The van der Waals surface area contributed by atoms with Gasteiger partial charge in [0.2, 0.25) is 5.91 Å². The Kier molecular flexibility index (Phi) is 6.36. The van der Waals surface area contributed by atoms with Gasteiger partial charge in [0.05, 0.1) is 12.0 Å². The number of nitrogens with one attached hydrogen (secondary N) is 2. The molecule has 2 rings (SSSR count). The molecule has 0 heterocycles. The minimum absolute atomic E-state index is 0.00809. The molecule has 6 nitrogen and oxygen atoms in total. The summed E-state index contributed by atoms with van der Waals surface area (Å²) in [5.74, 6) is -1.05. The molecular weight excluding hydrogens is 354 g/mol. The highest BCUT2D eigenvalue weighted by Crippen LogP contribution is 2.21. The smallest absolute Gasteiger partial charge is 0.275 e. The maximum Gasteiger partial charge on any atom is 0.275 e. The number of hydrogen-bond donors (Lipinski definition) is 3. The quantitative estimate of drug-likeness (QED) is 0.550. The van der Waals surface area contributed by atoms with E-state index in [1.54, 1.807) is 6.92 Å². The van der Waals surface area contributed by atoms with Gasteiger partial charge in [-0.25, -0.2) is 5.43 Å². The molecule has 0 aliphatic heterocycles. The molecule has 0 unspecified atom stereocenters. The highest BCUT2D eigenvalue weighted by atomic mass is 35.5. The molecule has 26 heavy (non-hydrogen) atoms. The molecule has 2 amide bonds. The first-order valence-corrected chi connectivity index (χ1v) is 8.32. The van der Waals surface area contributed by atoms with E-state index in [0.717, 1.165) is 11.1 Å². The zero-order valence-corrected chi connectivity index (χ0v) is 15.5. The molecule has 0 saturated carbocycles. The standard InChI is InChI=1S/C19H20ClN3O3/c1-11-6-12(2)8-15(7-11)21-18(25)9-13(3)22-23-19(26)16-10-14(20)4-5-17(16)24/h4-8,10,24H,9H2,1-3H3,(H,21,25)(H,23,26)/b22-13-. The van der Waals surface area contributed by atoms with Gasteiger partial charge in [0.15, 0.2) is 0 Å². The fourth-order valence-electron chi connectivity index (χ4n) is 2.42. The predicted octanol–water partition coefficient (Wildman–Crippen LogP) is 3.80. The fraction of sp³-hybridized carbons (Fsp3) is 0.211. The Bertz CT molecular complexity index is 858. The first kappa shape index (κ1) is 19.5. The molecule has 0 atom stereocenters. The number of phenols is 1. The number of nitrogens with zero attached hydrogens (tertiary/aromatic N) is 1. The van der Waals surface area contributed by atoms with Crippen LogP contribution < -0.4 is 10.7 Å². The Balaban J connectivity index is 1.95. The van der Waals surface area contributed by atoms with Crippen LogP contribution in [0.4, 0.5) is 5.69 Å². The van der Waals surface area contributed by atoms with Crippen molar-refractivity contribution in [2.75, 3.05) is 5.32 Å². The van der Waals surface area contributed by atoms with E-state index in [0.29, 0.717) is 16.4 Å². The van der Waals surface area contributed by atoms with Crippen molar-refractivity contribution in [1.82, 2.24) is 5.43 Å². The van der Waals surface area contributed by atoms with Crippen LogP contribution in [0.3, 0.4) is 0 Å². The Hall–Kier alpha value is -2.86. The number of halogens is 1. The highest BCUT2D eigenvalue weighted by molar-refractivity contribution is 6.31. The minimum Gasteiger partial charge on any atom is -0.507 e. The number of aromatic hydroxyl groups is 1. The molecule has 0 aliphatic carbocycles. The van der Waals surface area contributed by atoms with Crippen LogP contribution in [-0.4, -0.2) is 22.6 Å². The molecule has 0 fully saturated rings. The molecule has 0 spiro atoms. The Morgan fingerprint density at radius 1 is 1.12 bits per heavy atom. The van der Waals surface area contributed by atoms with Gasteiger partial charge in [-0.2, -0.15) is 5.10 Å². The van der Waals surface area contributed by atoms with Gasteiger partial charge in [-0.05, 0) is 62.2 Å². The van der Waals surface area contributed by atoms with Crippen molar-refractivity contribution in [2.45, 2.75) is 27.2 Å². The lowest BCUT2D eigenvalue weighted by molar-refractivity contribution is -0.115. The Labute approximate surface area is 156 Å². The SMILES string of the molecule is C/C(CC(=O)Nc1cc(C)cc(C)c1)=N/NC(=O)c1cc(Cl)ccc1O. The van der Waals surface area contributed by atoms with Crippen LogP contribution in [0.2, 0.25) is 5.02 Å². The number of hydrogen-bond acceptors (Lipinski definition) is 4. The van der Waals surface area contributed by atoms with E-state index in [-0.39, 0.29) is 23.6 Å². The molecule has 0 saturated heterocycles. The number of anilines is 1. The first-order chi connectivity index (χ1) is 12.2. The molecule has 0 aliphatic rings. The van der Waals surface area contributed by atoms with Crippen molar-refractivity contribution in [2.24, 2.45) is 5.10 Å². The summed E-state index contributed by atoms with van der Waals surface area (Å²) in [5.41, 5.74) is 5.56. The minimum atomic E-state index is -0.612. The van der Waals surface area contributed by atoms with Crippen LogP contribution in [0.15, 0.2) is 41.5 Å². The van der Waals surface area contributed by atoms with Crippen LogP contribution >= 0.6 is 11.6 Å². The number of phenolic OH excluding ortho intramolecular Hbond substituents is 1. The van der Waals surface area contributed by atoms with Crippen LogP contribution in [0, 0.1) is 13.8 Å². The lowest BCUT2D eigenvalue weighted by atomic mass is 10.1. The van der Waals surface area contributed by atoms with Gasteiger partial charge in [-0.15, -0.1) is 0 Å². The van der Waals surface area contributed by atoms with E-state index in [1.807, 2.05) is 32.0 Å². The number of aryl methyl sites for hydroxylation is 2. The zero-order valence-electron chi connectivity index (χ0n) is 14.8. The van der Waals surface area contributed by atoms with E-state index < -0.39 is 5.91 Å². The van der Waals surface area contributed by atoms with Gasteiger partial charge in [0, 0.05) is 16.4 Å². The van der Waals surface area contributed by atoms with E-state index in [9.17, 15) is 14.7 Å². The number of benzene rings is 2. The van der Waals surface area contributed by atoms with Crippen molar-refractivity contribution >= 4 is 34.8 Å². The van der Waals surface area contributed by atoms with Crippen LogP contribution in [-0.2, 0) is 4.79 Å². The van der Waals surface area contributed by atoms with E-state index in [1.165, 1.54) is 18.2 Å².